The fourth-order valence-electron chi connectivity index (χ4n) is 3.04. The van der Waals surface area contributed by atoms with Gasteiger partial charge in [-0.25, -0.2) is 0 Å². The van der Waals surface area contributed by atoms with E-state index in [9.17, 15) is 14.4 Å². The maximum Gasteiger partial charge on any atom is 0.311 e. The molecule has 0 aliphatic carbocycles. The Hall–Kier alpha value is -2.77. The van der Waals surface area contributed by atoms with E-state index in [1.165, 1.54) is 4.90 Å². The first-order valence-electron chi connectivity index (χ1n) is 9.32. The van der Waals surface area contributed by atoms with Gasteiger partial charge in [-0.2, -0.15) is 0 Å². The molecular formula is C21H20Cl2N2O5. The zero-order chi connectivity index (χ0) is 21.7. The van der Waals surface area contributed by atoms with Crippen molar-refractivity contribution in [3.05, 3.63) is 52.5 Å². The number of esters is 1. The molecule has 1 N–H and O–H groups in total. The lowest BCUT2D eigenvalue weighted by atomic mass is 10.1. The van der Waals surface area contributed by atoms with E-state index in [1.807, 2.05) is 6.92 Å². The Bertz CT molecular complexity index is 949. The molecule has 0 spiro atoms. The van der Waals surface area contributed by atoms with E-state index in [4.69, 9.17) is 32.7 Å². The Morgan fingerprint density at radius 1 is 1.17 bits per heavy atom. The highest BCUT2D eigenvalue weighted by atomic mass is 35.5. The summed E-state index contributed by atoms with van der Waals surface area (Å²) in [5.41, 5.74) is 0.995. The minimum absolute atomic E-state index is 0.0256. The summed E-state index contributed by atoms with van der Waals surface area (Å²) in [6, 6.07) is 11.6. The summed E-state index contributed by atoms with van der Waals surface area (Å²) in [6.45, 7) is 2.09. The summed E-state index contributed by atoms with van der Waals surface area (Å²) in [5.74, 6) is -1.36. The minimum atomic E-state index is -0.689. The van der Waals surface area contributed by atoms with Crippen molar-refractivity contribution >= 4 is 52.4 Å². The highest BCUT2D eigenvalue weighted by Crippen LogP contribution is 2.33. The number of ether oxygens (including phenoxy) is 2. The van der Waals surface area contributed by atoms with Crippen LogP contribution in [0.25, 0.3) is 0 Å². The maximum atomic E-state index is 12.3. The molecule has 2 aromatic carbocycles. The van der Waals surface area contributed by atoms with Crippen molar-refractivity contribution in [2.24, 2.45) is 5.92 Å². The summed E-state index contributed by atoms with van der Waals surface area (Å²) in [5, 5.41) is 3.42. The molecule has 0 unspecified atom stereocenters. The lowest BCUT2D eigenvalue weighted by Crippen LogP contribution is -2.28. The Labute approximate surface area is 183 Å². The summed E-state index contributed by atoms with van der Waals surface area (Å²) in [6.07, 6.45) is -0.0256. The Morgan fingerprint density at radius 3 is 2.60 bits per heavy atom. The molecule has 0 radical (unpaired) electrons. The highest BCUT2D eigenvalue weighted by molar-refractivity contribution is 6.35. The second-order valence-corrected chi connectivity index (χ2v) is 7.46. The lowest BCUT2D eigenvalue weighted by Gasteiger charge is -2.18. The number of halogens is 2. The molecule has 3 rings (SSSR count). The molecule has 1 aliphatic heterocycles. The average Bonchev–Trinajstić information content (AvgIpc) is 3.11. The molecule has 2 amide bonds. The van der Waals surface area contributed by atoms with Gasteiger partial charge in [0.05, 0.1) is 23.2 Å². The van der Waals surface area contributed by atoms with Crippen molar-refractivity contribution in [3.8, 4) is 5.75 Å². The van der Waals surface area contributed by atoms with Crippen LogP contribution in [0.15, 0.2) is 42.5 Å². The summed E-state index contributed by atoms with van der Waals surface area (Å²) in [4.78, 5) is 38.1. The third kappa shape index (κ3) is 5.43. The first-order valence-corrected chi connectivity index (χ1v) is 10.1. The number of carbonyl (C=O) groups excluding carboxylic acids is 3. The summed E-state index contributed by atoms with van der Waals surface area (Å²) in [7, 11) is 0. The molecule has 158 valence electrons. The predicted molar refractivity (Wildman–Crippen MR) is 114 cm³/mol. The third-order valence-electron chi connectivity index (χ3n) is 4.45. The van der Waals surface area contributed by atoms with Crippen LogP contribution < -0.4 is 15.0 Å². The van der Waals surface area contributed by atoms with Crippen LogP contribution in [0.1, 0.15) is 13.3 Å². The van der Waals surface area contributed by atoms with E-state index in [0.29, 0.717) is 33.8 Å². The zero-order valence-corrected chi connectivity index (χ0v) is 17.7. The van der Waals surface area contributed by atoms with Crippen LogP contribution in [0.2, 0.25) is 10.0 Å². The first kappa shape index (κ1) is 21.9. The summed E-state index contributed by atoms with van der Waals surface area (Å²) < 4.78 is 10.4. The largest absolute Gasteiger partial charge is 0.494 e. The molecule has 0 bridgehead atoms. The van der Waals surface area contributed by atoms with Gasteiger partial charge in [0.15, 0.2) is 6.61 Å². The Morgan fingerprint density at radius 2 is 1.90 bits per heavy atom. The summed E-state index contributed by atoms with van der Waals surface area (Å²) >= 11 is 12.1. The van der Waals surface area contributed by atoms with E-state index in [0.717, 1.165) is 0 Å². The molecule has 0 saturated carbocycles. The van der Waals surface area contributed by atoms with Gasteiger partial charge in [-0.1, -0.05) is 23.2 Å². The number of nitrogens with one attached hydrogen (secondary N) is 1. The van der Waals surface area contributed by atoms with Crippen LogP contribution in [0.4, 0.5) is 11.4 Å². The molecule has 1 aliphatic rings. The quantitative estimate of drug-likeness (QED) is 0.645. The highest BCUT2D eigenvalue weighted by Gasteiger charge is 2.37. The number of nitrogens with zero attached hydrogens (tertiary/aromatic N) is 1. The SMILES string of the molecule is CCOc1ccc(NC(=O)COC(=O)[C@@H]2CC(=O)N(c3cc(Cl)ccc3Cl)C2)cc1. The molecule has 1 heterocycles. The number of anilines is 2. The van der Waals surface area contributed by atoms with Crippen molar-refractivity contribution < 1.29 is 23.9 Å². The van der Waals surface area contributed by atoms with Crippen molar-refractivity contribution in [1.29, 1.82) is 0 Å². The van der Waals surface area contributed by atoms with E-state index < -0.39 is 24.4 Å². The number of benzene rings is 2. The van der Waals surface area contributed by atoms with Gasteiger partial charge < -0.3 is 19.7 Å². The number of rotatable bonds is 7. The minimum Gasteiger partial charge on any atom is -0.494 e. The molecule has 2 aromatic rings. The number of amides is 2. The molecule has 1 fully saturated rings. The van der Waals surface area contributed by atoms with Crippen LogP contribution >= 0.6 is 23.2 Å². The molecule has 1 atom stereocenters. The molecule has 7 nitrogen and oxygen atoms in total. The first-order chi connectivity index (χ1) is 14.4. The smallest absolute Gasteiger partial charge is 0.311 e. The van der Waals surface area contributed by atoms with Gasteiger partial charge in [0.2, 0.25) is 5.91 Å². The van der Waals surface area contributed by atoms with Gasteiger partial charge in [0.25, 0.3) is 5.91 Å². The molecule has 0 aromatic heterocycles. The van der Waals surface area contributed by atoms with Gasteiger partial charge in [-0.3, -0.25) is 14.4 Å². The molecule has 1 saturated heterocycles. The molecule has 9 heteroatoms. The van der Waals surface area contributed by atoms with E-state index in [2.05, 4.69) is 5.32 Å². The lowest BCUT2D eigenvalue weighted by molar-refractivity contribution is -0.151. The van der Waals surface area contributed by atoms with E-state index >= 15 is 0 Å². The second-order valence-electron chi connectivity index (χ2n) is 6.61. The fourth-order valence-corrected chi connectivity index (χ4v) is 3.43. The zero-order valence-electron chi connectivity index (χ0n) is 16.2. The standard InChI is InChI=1S/C21H20Cl2N2O5/c1-2-29-16-6-4-15(5-7-16)24-19(26)12-30-21(28)13-9-20(27)25(11-13)18-10-14(22)3-8-17(18)23/h3-8,10,13H,2,9,11-12H2,1H3,(H,24,26)/t13-/m1/s1. The molecule has 30 heavy (non-hydrogen) atoms. The fraction of sp³-hybridized carbons (Fsp3) is 0.286. The Kier molecular flexibility index (Phi) is 7.18. The van der Waals surface area contributed by atoms with Gasteiger partial charge in [-0.05, 0) is 49.4 Å². The molecular weight excluding hydrogens is 431 g/mol. The number of hydrogen-bond donors (Lipinski definition) is 1. The Balaban J connectivity index is 1.52. The second kappa shape index (κ2) is 9.82. The monoisotopic (exact) mass is 450 g/mol. The van der Waals surface area contributed by atoms with Crippen LogP contribution in [-0.2, 0) is 19.1 Å². The van der Waals surface area contributed by atoms with Crippen molar-refractivity contribution in [3.63, 3.8) is 0 Å². The number of carbonyl (C=O) groups is 3. The van der Waals surface area contributed by atoms with Crippen LogP contribution in [-0.4, -0.2) is 37.5 Å². The van der Waals surface area contributed by atoms with E-state index in [1.54, 1.807) is 42.5 Å². The van der Waals surface area contributed by atoms with Crippen molar-refractivity contribution in [1.82, 2.24) is 0 Å². The topological polar surface area (TPSA) is 84.9 Å². The van der Waals surface area contributed by atoms with Gasteiger partial charge in [0, 0.05) is 23.7 Å². The van der Waals surface area contributed by atoms with Gasteiger partial charge in [-0.15, -0.1) is 0 Å². The maximum absolute atomic E-state index is 12.3. The third-order valence-corrected chi connectivity index (χ3v) is 5.01. The van der Waals surface area contributed by atoms with Gasteiger partial charge >= 0.3 is 5.97 Å². The van der Waals surface area contributed by atoms with Crippen molar-refractivity contribution in [2.75, 3.05) is 30.0 Å². The van der Waals surface area contributed by atoms with Crippen LogP contribution in [0, 0.1) is 5.92 Å². The number of hydrogen-bond acceptors (Lipinski definition) is 5. The van der Waals surface area contributed by atoms with Crippen molar-refractivity contribution in [2.45, 2.75) is 13.3 Å². The normalized spacial score (nSPS) is 15.8. The van der Waals surface area contributed by atoms with Crippen LogP contribution in [0.3, 0.4) is 0 Å². The average molecular weight is 451 g/mol. The van der Waals surface area contributed by atoms with Gasteiger partial charge in [0.1, 0.15) is 5.75 Å². The predicted octanol–water partition coefficient (Wildman–Crippen LogP) is 3.93. The van der Waals surface area contributed by atoms with Crippen LogP contribution in [0.5, 0.6) is 5.75 Å². The van der Waals surface area contributed by atoms with E-state index in [-0.39, 0.29) is 18.9 Å².